The monoisotopic (exact) mass is 474 g/mol. The van der Waals surface area contributed by atoms with Crippen LogP contribution in [0.15, 0.2) is 36.8 Å². The minimum atomic E-state index is 0.0798. The standard InChI is InChI=1S/C27H34N6O2/c1-17(2)25-22-12-21(35-15-19-7-9-32(10-8-19)14-24(34)28-4)5-6-23(22)31-26(25)20-11-18(3)27-29-16-30-33(27)13-20/h5-6,11-13,16-17,19,31H,7-10,14-15H2,1-4H3,(H,28,34). The number of nitrogens with zero attached hydrogens (tertiary/aromatic N) is 4. The molecule has 0 spiro atoms. The lowest BCUT2D eigenvalue weighted by molar-refractivity contribution is -0.122. The maximum absolute atomic E-state index is 11.6. The number of pyridine rings is 1. The van der Waals surface area contributed by atoms with Crippen molar-refractivity contribution in [2.45, 2.75) is 39.5 Å². The molecule has 0 saturated carbocycles. The minimum absolute atomic E-state index is 0.0798. The number of hydrogen-bond donors (Lipinski definition) is 2. The molecule has 2 N–H and O–H groups in total. The van der Waals surface area contributed by atoms with E-state index in [0.29, 0.717) is 25.0 Å². The SMILES string of the molecule is CNC(=O)CN1CCC(COc2ccc3[nH]c(-c4cc(C)c5ncnn5c4)c(C(C)C)c3c2)CC1. The predicted molar refractivity (Wildman–Crippen MR) is 138 cm³/mol. The quantitative estimate of drug-likeness (QED) is 0.420. The van der Waals surface area contributed by atoms with Gasteiger partial charge >= 0.3 is 0 Å². The lowest BCUT2D eigenvalue weighted by Crippen LogP contribution is -2.41. The lowest BCUT2D eigenvalue weighted by atomic mass is 9.96. The van der Waals surface area contributed by atoms with Crippen molar-refractivity contribution in [1.82, 2.24) is 29.8 Å². The van der Waals surface area contributed by atoms with Gasteiger partial charge in [-0.1, -0.05) is 13.8 Å². The smallest absolute Gasteiger partial charge is 0.233 e. The van der Waals surface area contributed by atoms with E-state index in [9.17, 15) is 4.79 Å². The molecule has 1 aromatic carbocycles. The molecular formula is C27H34N6O2. The number of carbonyl (C=O) groups excluding carboxylic acids is 1. The second-order valence-corrected chi connectivity index (χ2v) is 9.92. The number of ether oxygens (including phenoxy) is 1. The molecule has 0 aliphatic carbocycles. The molecule has 8 nitrogen and oxygen atoms in total. The minimum Gasteiger partial charge on any atom is -0.493 e. The van der Waals surface area contributed by atoms with Gasteiger partial charge in [0.15, 0.2) is 5.65 Å². The number of aromatic amines is 1. The van der Waals surface area contributed by atoms with Crippen LogP contribution in [0.3, 0.4) is 0 Å². The van der Waals surface area contributed by atoms with Gasteiger partial charge in [0, 0.05) is 29.7 Å². The summed E-state index contributed by atoms with van der Waals surface area (Å²) in [6, 6.07) is 8.52. The molecule has 1 saturated heterocycles. The maximum atomic E-state index is 11.6. The van der Waals surface area contributed by atoms with E-state index >= 15 is 0 Å². The van der Waals surface area contributed by atoms with Crippen molar-refractivity contribution in [2.24, 2.45) is 5.92 Å². The molecule has 35 heavy (non-hydrogen) atoms. The molecule has 184 valence electrons. The van der Waals surface area contributed by atoms with E-state index < -0.39 is 0 Å². The summed E-state index contributed by atoms with van der Waals surface area (Å²) >= 11 is 0. The Kier molecular flexibility index (Phi) is 6.47. The number of nitrogens with one attached hydrogen (secondary N) is 2. The van der Waals surface area contributed by atoms with Crippen LogP contribution in [0.25, 0.3) is 27.8 Å². The van der Waals surface area contributed by atoms with Crippen molar-refractivity contribution in [1.29, 1.82) is 0 Å². The van der Waals surface area contributed by atoms with Crippen LogP contribution >= 0.6 is 0 Å². The van der Waals surface area contributed by atoms with Crippen LogP contribution in [0.2, 0.25) is 0 Å². The number of amides is 1. The van der Waals surface area contributed by atoms with Gasteiger partial charge in [0.05, 0.1) is 18.8 Å². The van der Waals surface area contributed by atoms with Gasteiger partial charge in [-0.15, -0.1) is 0 Å². The first kappa shape index (κ1) is 23.4. The Bertz CT molecular complexity index is 1350. The van der Waals surface area contributed by atoms with Gasteiger partial charge < -0.3 is 15.0 Å². The zero-order chi connectivity index (χ0) is 24.5. The summed E-state index contributed by atoms with van der Waals surface area (Å²) in [5.41, 5.74) is 6.59. The van der Waals surface area contributed by atoms with Gasteiger partial charge in [-0.05, 0) is 80.1 Å². The highest BCUT2D eigenvalue weighted by Gasteiger charge is 2.22. The first-order valence-corrected chi connectivity index (χ1v) is 12.4. The third-order valence-electron chi connectivity index (χ3n) is 7.07. The van der Waals surface area contributed by atoms with Crippen molar-refractivity contribution < 1.29 is 9.53 Å². The van der Waals surface area contributed by atoms with Crippen LogP contribution in [-0.2, 0) is 4.79 Å². The van der Waals surface area contributed by atoms with Crippen LogP contribution in [-0.4, -0.2) is 63.7 Å². The molecule has 1 aliphatic heterocycles. The number of likely N-dealkylation sites (N-methyl/N-ethyl adjacent to an activating group) is 1. The number of likely N-dealkylation sites (tertiary alicyclic amines) is 1. The van der Waals surface area contributed by atoms with Crippen molar-refractivity contribution in [3.8, 4) is 17.0 Å². The number of H-pyrrole nitrogens is 1. The Morgan fingerprint density at radius 3 is 2.80 bits per heavy atom. The van der Waals surface area contributed by atoms with Crippen molar-refractivity contribution >= 4 is 22.5 Å². The third kappa shape index (κ3) is 4.75. The number of hydrogen-bond acceptors (Lipinski definition) is 5. The summed E-state index contributed by atoms with van der Waals surface area (Å²) < 4.78 is 8.12. The van der Waals surface area contributed by atoms with Crippen molar-refractivity contribution in [2.75, 3.05) is 33.3 Å². The zero-order valence-corrected chi connectivity index (χ0v) is 21.0. The molecular weight excluding hydrogens is 440 g/mol. The van der Waals surface area contributed by atoms with Crippen LogP contribution in [0.5, 0.6) is 5.75 Å². The molecule has 0 bridgehead atoms. The molecule has 1 aliphatic rings. The van der Waals surface area contributed by atoms with E-state index in [1.807, 2.05) is 10.7 Å². The average molecular weight is 475 g/mol. The summed E-state index contributed by atoms with van der Waals surface area (Å²) in [6.45, 7) is 9.59. The van der Waals surface area contributed by atoms with Gasteiger partial charge in [-0.2, -0.15) is 5.10 Å². The van der Waals surface area contributed by atoms with E-state index in [-0.39, 0.29) is 5.91 Å². The highest BCUT2D eigenvalue weighted by Crippen LogP contribution is 2.37. The summed E-state index contributed by atoms with van der Waals surface area (Å²) in [4.78, 5) is 21.8. The topological polar surface area (TPSA) is 87.5 Å². The number of fused-ring (bicyclic) bond motifs is 2. The third-order valence-corrected chi connectivity index (χ3v) is 7.07. The highest BCUT2D eigenvalue weighted by molar-refractivity contribution is 5.92. The summed E-state index contributed by atoms with van der Waals surface area (Å²) in [5, 5.41) is 8.25. The Morgan fingerprint density at radius 1 is 1.26 bits per heavy atom. The molecule has 0 unspecified atom stereocenters. The number of carbonyl (C=O) groups is 1. The number of rotatable bonds is 7. The molecule has 0 atom stereocenters. The Labute approximate surface area is 205 Å². The first-order valence-electron chi connectivity index (χ1n) is 12.4. The fourth-order valence-electron chi connectivity index (χ4n) is 5.15. The normalized spacial score (nSPS) is 15.3. The molecule has 0 radical (unpaired) electrons. The second-order valence-electron chi connectivity index (χ2n) is 9.92. The lowest BCUT2D eigenvalue weighted by Gasteiger charge is -2.31. The maximum Gasteiger partial charge on any atom is 0.233 e. The molecule has 4 aromatic rings. The van der Waals surface area contributed by atoms with Crippen molar-refractivity contribution in [3.05, 3.63) is 47.9 Å². The van der Waals surface area contributed by atoms with Gasteiger partial charge in [-0.3, -0.25) is 9.69 Å². The predicted octanol–water partition coefficient (Wildman–Crippen LogP) is 4.15. The molecule has 3 aromatic heterocycles. The molecule has 1 amide bonds. The first-order chi connectivity index (χ1) is 16.9. The Morgan fingerprint density at radius 2 is 2.06 bits per heavy atom. The van der Waals surface area contributed by atoms with Crippen LogP contribution in [0.4, 0.5) is 0 Å². The van der Waals surface area contributed by atoms with Gasteiger partial charge in [-0.25, -0.2) is 9.50 Å². The van der Waals surface area contributed by atoms with Gasteiger partial charge in [0.1, 0.15) is 12.1 Å². The fourth-order valence-corrected chi connectivity index (χ4v) is 5.15. The highest BCUT2D eigenvalue weighted by atomic mass is 16.5. The number of aryl methyl sites for hydroxylation is 1. The average Bonchev–Trinajstić information content (AvgIpc) is 3.48. The number of aromatic nitrogens is 4. The largest absolute Gasteiger partial charge is 0.493 e. The van der Waals surface area contributed by atoms with Crippen LogP contribution < -0.4 is 10.1 Å². The fraction of sp³-hybridized carbons (Fsp3) is 0.444. The Hall–Kier alpha value is -3.39. The van der Waals surface area contributed by atoms with Crippen LogP contribution in [0.1, 0.15) is 43.7 Å². The van der Waals surface area contributed by atoms with E-state index in [2.05, 4.69) is 70.3 Å². The molecule has 4 heterocycles. The van der Waals surface area contributed by atoms with Crippen molar-refractivity contribution in [3.63, 3.8) is 0 Å². The summed E-state index contributed by atoms with van der Waals surface area (Å²) in [6.07, 6.45) is 5.74. The molecule has 1 fully saturated rings. The summed E-state index contributed by atoms with van der Waals surface area (Å²) in [7, 11) is 1.69. The van der Waals surface area contributed by atoms with E-state index in [4.69, 9.17) is 4.74 Å². The molecule has 5 rings (SSSR count). The molecule has 8 heteroatoms. The van der Waals surface area contributed by atoms with Crippen LogP contribution in [0, 0.1) is 12.8 Å². The Balaban J connectivity index is 1.34. The summed E-state index contributed by atoms with van der Waals surface area (Å²) in [5.74, 6) is 1.83. The second kappa shape index (κ2) is 9.70. The van der Waals surface area contributed by atoms with Gasteiger partial charge in [0.2, 0.25) is 5.91 Å². The van der Waals surface area contributed by atoms with E-state index in [1.54, 1.807) is 13.4 Å². The van der Waals surface area contributed by atoms with Gasteiger partial charge in [0.25, 0.3) is 0 Å². The van der Waals surface area contributed by atoms with E-state index in [0.717, 1.165) is 59.7 Å². The number of piperidine rings is 1. The van der Waals surface area contributed by atoms with E-state index in [1.165, 1.54) is 10.9 Å². The zero-order valence-electron chi connectivity index (χ0n) is 21.0. The number of benzene rings is 1.